The minimum atomic E-state index is -0.298. The van der Waals surface area contributed by atoms with E-state index in [4.69, 9.17) is 17.3 Å². The van der Waals surface area contributed by atoms with Crippen molar-refractivity contribution in [1.82, 2.24) is 14.8 Å². The van der Waals surface area contributed by atoms with Crippen LogP contribution in [0.15, 0.2) is 17.1 Å². The molecule has 0 aliphatic heterocycles. The van der Waals surface area contributed by atoms with Crippen LogP contribution in [0.25, 0.3) is 0 Å². The van der Waals surface area contributed by atoms with Crippen molar-refractivity contribution >= 4 is 22.9 Å². The number of halogens is 1. The lowest BCUT2D eigenvalue weighted by Gasteiger charge is -2.12. The second-order valence-corrected chi connectivity index (χ2v) is 4.62. The second kappa shape index (κ2) is 4.95. The third-order valence-electron chi connectivity index (χ3n) is 2.33. The average molecular weight is 257 g/mol. The summed E-state index contributed by atoms with van der Waals surface area (Å²) in [5, 5.41) is 6.76. The Morgan fingerprint density at radius 3 is 3.06 bits per heavy atom. The quantitative estimate of drug-likeness (QED) is 0.914. The molecule has 1 atom stereocenters. The molecule has 0 aliphatic carbocycles. The van der Waals surface area contributed by atoms with Gasteiger partial charge in [0.25, 0.3) is 0 Å². The van der Waals surface area contributed by atoms with Crippen LogP contribution in [0.3, 0.4) is 0 Å². The van der Waals surface area contributed by atoms with E-state index in [2.05, 4.69) is 17.0 Å². The number of rotatable bonds is 4. The van der Waals surface area contributed by atoms with Gasteiger partial charge < -0.3 is 5.73 Å². The molecule has 0 saturated carbocycles. The van der Waals surface area contributed by atoms with Crippen LogP contribution in [0, 0.1) is 0 Å². The molecule has 16 heavy (non-hydrogen) atoms. The zero-order chi connectivity index (χ0) is 11.5. The summed E-state index contributed by atoms with van der Waals surface area (Å²) in [6.07, 6.45) is 2.63. The predicted octanol–water partition coefficient (Wildman–Crippen LogP) is 2.45. The molecule has 0 bridgehead atoms. The Morgan fingerprint density at radius 1 is 1.62 bits per heavy atom. The lowest BCUT2D eigenvalue weighted by atomic mass is 10.1. The van der Waals surface area contributed by atoms with Crippen molar-refractivity contribution in [2.45, 2.75) is 25.9 Å². The lowest BCUT2D eigenvalue weighted by molar-refractivity contribution is 0.557. The van der Waals surface area contributed by atoms with Gasteiger partial charge in [-0.2, -0.15) is 5.10 Å². The first-order chi connectivity index (χ1) is 7.74. The topological polar surface area (TPSA) is 56.7 Å². The van der Waals surface area contributed by atoms with Crippen LogP contribution in [0.5, 0.6) is 0 Å². The fourth-order valence-electron chi connectivity index (χ4n) is 1.59. The lowest BCUT2D eigenvalue weighted by Crippen LogP contribution is -2.18. The van der Waals surface area contributed by atoms with Gasteiger partial charge in [0.15, 0.2) is 0 Å². The van der Waals surface area contributed by atoms with E-state index in [-0.39, 0.29) is 6.04 Å². The van der Waals surface area contributed by atoms with Gasteiger partial charge in [0, 0.05) is 11.9 Å². The van der Waals surface area contributed by atoms with Crippen molar-refractivity contribution in [3.63, 3.8) is 0 Å². The van der Waals surface area contributed by atoms with Gasteiger partial charge >= 0.3 is 0 Å². The van der Waals surface area contributed by atoms with Crippen molar-refractivity contribution in [2.24, 2.45) is 5.73 Å². The Hall–Kier alpha value is -0.910. The minimum absolute atomic E-state index is 0.298. The molecule has 0 radical (unpaired) electrons. The third kappa shape index (κ3) is 2.11. The molecule has 6 heteroatoms. The van der Waals surface area contributed by atoms with Gasteiger partial charge in [0.05, 0.1) is 34.2 Å². The molecule has 0 aromatic carbocycles. The van der Waals surface area contributed by atoms with Gasteiger partial charge in [0.1, 0.15) is 0 Å². The summed E-state index contributed by atoms with van der Waals surface area (Å²) in [5.41, 5.74) is 9.58. The normalized spacial score (nSPS) is 12.9. The molecule has 2 aromatic heterocycles. The molecule has 0 spiro atoms. The molecule has 0 aliphatic rings. The van der Waals surface area contributed by atoms with E-state index in [0.29, 0.717) is 5.02 Å². The number of hydrogen-bond acceptors (Lipinski definition) is 4. The van der Waals surface area contributed by atoms with Crippen LogP contribution in [0.1, 0.15) is 30.8 Å². The summed E-state index contributed by atoms with van der Waals surface area (Å²) in [7, 11) is 0. The van der Waals surface area contributed by atoms with Gasteiger partial charge in [-0.3, -0.25) is 4.68 Å². The summed E-state index contributed by atoms with van der Waals surface area (Å²) < 4.78 is 1.85. The highest BCUT2D eigenvalue weighted by atomic mass is 35.5. The largest absolute Gasteiger partial charge is 0.318 e. The second-order valence-electron chi connectivity index (χ2n) is 3.49. The SMILES string of the molecule is CCCn1ncc(Cl)c1C(N)c1cscn1. The Bertz CT molecular complexity index is 451. The fourth-order valence-corrected chi connectivity index (χ4v) is 2.44. The van der Waals surface area contributed by atoms with E-state index in [0.717, 1.165) is 24.4 Å². The highest BCUT2D eigenvalue weighted by molar-refractivity contribution is 7.07. The molecule has 4 nitrogen and oxygen atoms in total. The Balaban J connectivity index is 2.35. The van der Waals surface area contributed by atoms with Gasteiger partial charge in [0.2, 0.25) is 0 Å². The molecule has 2 N–H and O–H groups in total. The number of aryl methyl sites for hydroxylation is 1. The molecule has 86 valence electrons. The summed E-state index contributed by atoms with van der Waals surface area (Å²) in [5.74, 6) is 0. The number of nitrogens with zero attached hydrogens (tertiary/aromatic N) is 3. The molecule has 0 fully saturated rings. The Morgan fingerprint density at radius 2 is 2.44 bits per heavy atom. The maximum Gasteiger partial charge on any atom is 0.0920 e. The van der Waals surface area contributed by atoms with E-state index in [9.17, 15) is 0 Å². The number of nitrogens with two attached hydrogens (primary N) is 1. The van der Waals surface area contributed by atoms with Crippen molar-refractivity contribution < 1.29 is 0 Å². The highest BCUT2D eigenvalue weighted by Gasteiger charge is 2.19. The standard InChI is InChI=1S/C10H13ClN4S/c1-2-3-15-10(7(11)4-14-15)9(12)8-5-16-6-13-8/h4-6,9H,2-3,12H2,1H3. The summed E-state index contributed by atoms with van der Waals surface area (Å²) in [6.45, 7) is 2.91. The highest BCUT2D eigenvalue weighted by Crippen LogP contribution is 2.26. The first kappa shape index (κ1) is 11.6. The van der Waals surface area contributed by atoms with Crippen LogP contribution in [0.2, 0.25) is 5.02 Å². The number of aromatic nitrogens is 3. The summed E-state index contributed by atoms with van der Waals surface area (Å²) >= 11 is 7.63. The van der Waals surface area contributed by atoms with Gasteiger partial charge in [-0.25, -0.2) is 4.98 Å². The third-order valence-corrected chi connectivity index (χ3v) is 3.23. The van der Waals surface area contributed by atoms with Crippen LogP contribution in [0.4, 0.5) is 0 Å². The molecule has 2 rings (SSSR count). The van der Waals surface area contributed by atoms with Gasteiger partial charge in [-0.1, -0.05) is 18.5 Å². The first-order valence-corrected chi connectivity index (χ1v) is 6.41. The van der Waals surface area contributed by atoms with Crippen LogP contribution >= 0.6 is 22.9 Å². The summed E-state index contributed by atoms with van der Waals surface area (Å²) in [4.78, 5) is 4.21. The van der Waals surface area contributed by atoms with Crippen molar-refractivity contribution in [3.05, 3.63) is 33.5 Å². The van der Waals surface area contributed by atoms with E-state index in [1.807, 2.05) is 10.1 Å². The van der Waals surface area contributed by atoms with Gasteiger partial charge in [-0.15, -0.1) is 11.3 Å². The van der Waals surface area contributed by atoms with Crippen molar-refractivity contribution in [1.29, 1.82) is 0 Å². The molecule has 0 amide bonds. The fraction of sp³-hybridized carbons (Fsp3) is 0.400. The zero-order valence-corrected chi connectivity index (χ0v) is 10.5. The Labute approximate surface area is 103 Å². The van der Waals surface area contributed by atoms with E-state index in [1.165, 1.54) is 11.3 Å². The van der Waals surface area contributed by atoms with Crippen LogP contribution in [-0.2, 0) is 6.54 Å². The molecular formula is C10H13ClN4S. The maximum absolute atomic E-state index is 6.14. The number of thiazole rings is 1. The maximum atomic E-state index is 6.14. The van der Waals surface area contributed by atoms with Crippen LogP contribution < -0.4 is 5.73 Å². The van der Waals surface area contributed by atoms with E-state index >= 15 is 0 Å². The molecule has 1 unspecified atom stereocenters. The predicted molar refractivity (Wildman–Crippen MR) is 65.7 cm³/mol. The smallest absolute Gasteiger partial charge is 0.0920 e. The van der Waals surface area contributed by atoms with Gasteiger partial charge in [-0.05, 0) is 6.42 Å². The Kier molecular flexibility index (Phi) is 3.58. The minimum Gasteiger partial charge on any atom is -0.318 e. The molecule has 0 saturated heterocycles. The molecule has 2 heterocycles. The first-order valence-electron chi connectivity index (χ1n) is 5.09. The average Bonchev–Trinajstić information content (AvgIpc) is 2.88. The van der Waals surface area contributed by atoms with Crippen LogP contribution in [-0.4, -0.2) is 14.8 Å². The van der Waals surface area contributed by atoms with E-state index < -0.39 is 0 Å². The summed E-state index contributed by atoms with van der Waals surface area (Å²) in [6, 6.07) is -0.298. The molecular weight excluding hydrogens is 244 g/mol. The molecule has 2 aromatic rings. The van der Waals surface area contributed by atoms with Crippen molar-refractivity contribution in [2.75, 3.05) is 0 Å². The zero-order valence-electron chi connectivity index (χ0n) is 8.93. The van der Waals surface area contributed by atoms with E-state index in [1.54, 1.807) is 11.7 Å². The monoisotopic (exact) mass is 256 g/mol. The number of hydrogen-bond donors (Lipinski definition) is 1. The van der Waals surface area contributed by atoms with Crippen molar-refractivity contribution in [3.8, 4) is 0 Å².